The van der Waals surface area contributed by atoms with Crippen LogP contribution in [0.5, 0.6) is 5.75 Å². The fourth-order valence-corrected chi connectivity index (χ4v) is 1.55. The molecule has 87 valence electrons. The van der Waals surface area contributed by atoms with Crippen molar-refractivity contribution in [1.29, 1.82) is 0 Å². The van der Waals surface area contributed by atoms with Crippen LogP contribution >= 0.6 is 0 Å². The first-order valence-corrected chi connectivity index (χ1v) is 5.66. The van der Waals surface area contributed by atoms with Crippen molar-refractivity contribution in [2.45, 2.75) is 20.0 Å². The minimum Gasteiger partial charge on any atom is -0.486 e. The molecule has 0 atom stereocenters. The van der Waals surface area contributed by atoms with Crippen LogP contribution in [0, 0.1) is 11.9 Å². The van der Waals surface area contributed by atoms with E-state index < -0.39 is 5.82 Å². The van der Waals surface area contributed by atoms with Gasteiger partial charge in [-0.2, -0.15) is 0 Å². The lowest BCUT2D eigenvalue weighted by Gasteiger charge is -2.08. The van der Waals surface area contributed by atoms with Crippen LogP contribution in [0.15, 0.2) is 42.5 Å². The third-order valence-corrected chi connectivity index (χ3v) is 2.56. The van der Waals surface area contributed by atoms with E-state index in [9.17, 15) is 4.39 Å². The van der Waals surface area contributed by atoms with Crippen molar-refractivity contribution in [3.63, 3.8) is 0 Å². The van der Waals surface area contributed by atoms with Crippen LogP contribution in [-0.4, -0.2) is 0 Å². The molecule has 0 spiro atoms. The molecule has 0 bridgehead atoms. The molecule has 2 heteroatoms. The Balaban J connectivity index is 2.08. The number of halogens is 1. The summed E-state index contributed by atoms with van der Waals surface area (Å²) in [7, 11) is 0. The predicted molar refractivity (Wildman–Crippen MR) is 65.4 cm³/mol. The minimum atomic E-state index is -0.432. The molecule has 17 heavy (non-hydrogen) atoms. The fourth-order valence-electron chi connectivity index (χ4n) is 1.55. The van der Waals surface area contributed by atoms with E-state index in [4.69, 9.17) is 4.74 Å². The van der Waals surface area contributed by atoms with Gasteiger partial charge in [0.1, 0.15) is 6.61 Å². The molecule has 0 unspecified atom stereocenters. The maximum absolute atomic E-state index is 13.4. The second-order valence-corrected chi connectivity index (χ2v) is 3.81. The molecule has 0 amide bonds. The molecule has 0 heterocycles. The smallest absolute Gasteiger partial charge is 0.173 e. The highest BCUT2D eigenvalue weighted by molar-refractivity contribution is 5.30. The monoisotopic (exact) mass is 229 g/mol. The van der Waals surface area contributed by atoms with E-state index in [2.05, 4.69) is 6.07 Å². The van der Waals surface area contributed by atoms with Gasteiger partial charge in [0.2, 0.25) is 0 Å². The lowest BCUT2D eigenvalue weighted by atomic mass is 10.1. The molecular formula is C15H14FO. The molecule has 1 radical (unpaired) electrons. The molecule has 1 nitrogen and oxygen atoms in total. The first kappa shape index (κ1) is 11.6. The topological polar surface area (TPSA) is 9.23 Å². The quantitative estimate of drug-likeness (QED) is 0.775. The molecule has 0 N–H and O–H groups in total. The maximum atomic E-state index is 13.4. The Morgan fingerprint density at radius 3 is 2.65 bits per heavy atom. The zero-order chi connectivity index (χ0) is 12.1. The largest absolute Gasteiger partial charge is 0.486 e. The van der Waals surface area contributed by atoms with E-state index in [1.54, 1.807) is 12.1 Å². The van der Waals surface area contributed by atoms with Crippen LogP contribution in [0.25, 0.3) is 0 Å². The lowest BCUT2D eigenvalue weighted by molar-refractivity contribution is 0.290. The number of benzene rings is 2. The van der Waals surface area contributed by atoms with Gasteiger partial charge in [0.25, 0.3) is 0 Å². The molecular weight excluding hydrogens is 215 g/mol. The zero-order valence-corrected chi connectivity index (χ0v) is 9.74. The summed E-state index contributed by atoms with van der Waals surface area (Å²) in [4.78, 5) is 0. The van der Waals surface area contributed by atoms with Crippen molar-refractivity contribution in [3.8, 4) is 5.75 Å². The molecule has 2 rings (SSSR count). The minimum absolute atomic E-state index is 0.271. The van der Waals surface area contributed by atoms with E-state index in [-0.39, 0.29) is 5.75 Å². The van der Waals surface area contributed by atoms with Crippen molar-refractivity contribution in [1.82, 2.24) is 0 Å². The average molecular weight is 229 g/mol. The second-order valence-electron chi connectivity index (χ2n) is 3.81. The Labute approximate surface area is 101 Å². The van der Waals surface area contributed by atoms with Gasteiger partial charge >= 0.3 is 0 Å². The molecule has 0 aliphatic rings. The summed E-state index contributed by atoms with van der Waals surface area (Å²) in [6.45, 7) is 2.39. The van der Waals surface area contributed by atoms with E-state index >= 15 is 0 Å². The van der Waals surface area contributed by atoms with Gasteiger partial charge in [-0.3, -0.25) is 0 Å². The molecule has 2 aromatic rings. The number of ether oxygens (including phenoxy) is 1. The van der Waals surface area contributed by atoms with Crippen LogP contribution in [0.1, 0.15) is 18.1 Å². The van der Waals surface area contributed by atoms with Crippen molar-refractivity contribution < 1.29 is 9.13 Å². The highest BCUT2D eigenvalue weighted by Gasteiger charge is 2.04. The first-order valence-electron chi connectivity index (χ1n) is 5.66. The fraction of sp³-hybridized carbons (Fsp3) is 0.200. The summed E-state index contributed by atoms with van der Waals surface area (Å²) < 4.78 is 18.9. The van der Waals surface area contributed by atoms with E-state index in [0.29, 0.717) is 6.61 Å². The van der Waals surface area contributed by atoms with Crippen molar-refractivity contribution in [3.05, 3.63) is 65.5 Å². The van der Waals surface area contributed by atoms with Gasteiger partial charge in [0.15, 0.2) is 11.6 Å². The molecule has 0 aliphatic carbocycles. The number of rotatable bonds is 4. The van der Waals surface area contributed by atoms with Gasteiger partial charge in [-0.1, -0.05) is 37.3 Å². The number of aryl methyl sites for hydroxylation is 1. The summed E-state index contributed by atoms with van der Waals surface area (Å²) in [5.74, 6) is -0.161. The van der Waals surface area contributed by atoms with Crippen molar-refractivity contribution >= 4 is 0 Å². The maximum Gasteiger partial charge on any atom is 0.173 e. The van der Waals surface area contributed by atoms with Crippen LogP contribution < -0.4 is 4.74 Å². The molecule has 2 aromatic carbocycles. The number of hydrogen-bond donors (Lipinski definition) is 0. The molecule has 0 aliphatic heterocycles. The summed E-state index contributed by atoms with van der Waals surface area (Å²) in [6, 6.07) is 15.7. The predicted octanol–water partition coefficient (Wildman–Crippen LogP) is 3.77. The van der Waals surface area contributed by atoms with Crippen LogP contribution in [-0.2, 0) is 13.0 Å². The highest BCUT2D eigenvalue weighted by Crippen LogP contribution is 2.19. The van der Waals surface area contributed by atoms with E-state index in [1.807, 2.05) is 37.3 Å². The normalized spacial score (nSPS) is 10.2. The summed E-state index contributed by atoms with van der Waals surface area (Å²) >= 11 is 0. The average Bonchev–Trinajstić information content (AvgIpc) is 2.39. The third kappa shape index (κ3) is 3.06. The van der Waals surface area contributed by atoms with Crippen LogP contribution in [0.3, 0.4) is 0 Å². The summed E-state index contributed by atoms with van der Waals surface area (Å²) in [5.41, 5.74) is 2.04. The summed E-state index contributed by atoms with van der Waals surface area (Å²) in [6.07, 6.45) is 0.846. The zero-order valence-electron chi connectivity index (χ0n) is 9.74. The van der Waals surface area contributed by atoms with Gasteiger partial charge in [0.05, 0.1) is 0 Å². The van der Waals surface area contributed by atoms with Crippen LogP contribution in [0.4, 0.5) is 4.39 Å². The molecule has 0 aromatic heterocycles. The Morgan fingerprint density at radius 1 is 1.18 bits per heavy atom. The highest BCUT2D eigenvalue weighted by atomic mass is 19.1. The molecule has 0 fully saturated rings. The first-order chi connectivity index (χ1) is 8.29. The Kier molecular flexibility index (Phi) is 3.76. The van der Waals surface area contributed by atoms with E-state index in [1.165, 1.54) is 0 Å². The van der Waals surface area contributed by atoms with Gasteiger partial charge in [-0.05, 0) is 29.7 Å². The second kappa shape index (κ2) is 5.48. The Hall–Kier alpha value is -1.83. The Morgan fingerprint density at radius 2 is 1.94 bits per heavy atom. The van der Waals surface area contributed by atoms with E-state index in [0.717, 1.165) is 17.5 Å². The van der Waals surface area contributed by atoms with Crippen molar-refractivity contribution in [2.24, 2.45) is 0 Å². The van der Waals surface area contributed by atoms with Crippen molar-refractivity contribution in [2.75, 3.05) is 0 Å². The third-order valence-electron chi connectivity index (χ3n) is 2.56. The number of hydrogen-bond acceptors (Lipinski definition) is 1. The van der Waals surface area contributed by atoms with Crippen LogP contribution in [0.2, 0.25) is 0 Å². The van der Waals surface area contributed by atoms with Gasteiger partial charge in [-0.25, -0.2) is 4.39 Å². The lowest BCUT2D eigenvalue weighted by Crippen LogP contribution is -1.98. The van der Waals surface area contributed by atoms with Gasteiger partial charge < -0.3 is 4.74 Å². The Bertz CT molecular complexity index is 480. The summed E-state index contributed by atoms with van der Waals surface area (Å²) in [5, 5.41) is 0. The molecule has 0 saturated carbocycles. The van der Waals surface area contributed by atoms with Gasteiger partial charge in [0, 0.05) is 6.07 Å². The SMILES string of the molecule is CCc1c[c]c(F)c(OCc2ccccc2)c1. The van der Waals surface area contributed by atoms with Gasteiger partial charge in [-0.15, -0.1) is 0 Å². The molecule has 0 saturated heterocycles. The standard InChI is InChI=1S/C15H14FO/c1-2-12-8-9-14(16)15(10-12)17-11-13-6-4-3-5-7-13/h3-8,10H,2,11H2,1H3.